The van der Waals surface area contributed by atoms with Gasteiger partial charge in [-0.15, -0.1) is 0 Å². The van der Waals surface area contributed by atoms with E-state index in [2.05, 4.69) is 10.6 Å². The van der Waals surface area contributed by atoms with Gasteiger partial charge in [0.1, 0.15) is 11.6 Å². The van der Waals surface area contributed by atoms with Gasteiger partial charge in [-0.2, -0.15) is 0 Å². The zero-order chi connectivity index (χ0) is 15.9. The van der Waals surface area contributed by atoms with E-state index in [9.17, 15) is 13.6 Å². The number of nitrogens with one attached hydrogen (secondary N) is 2. The summed E-state index contributed by atoms with van der Waals surface area (Å²) in [5, 5.41) is 5.89. The number of amides is 1. The van der Waals surface area contributed by atoms with E-state index in [-0.39, 0.29) is 17.9 Å². The Balaban J connectivity index is 2.01. The minimum absolute atomic E-state index is 0.0429. The summed E-state index contributed by atoms with van der Waals surface area (Å²) in [7, 11) is 0. The third-order valence-corrected chi connectivity index (χ3v) is 3.15. The second-order valence-corrected chi connectivity index (χ2v) is 4.94. The van der Waals surface area contributed by atoms with Crippen molar-refractivity contribution in [2.24, 2.45) is 0 Å². The SMILES string of the molecule is CCNCc1cccc(NC(=O)Cc2cc(F)ccc2F)c1. The molecule has 0 atom stereocenters. The molecule has 0 aromatic heterocycles. The van der Waals surface area contributed by atoms with Crippen LogP contribution in [0.4, 0.5) is 14.5 Å². The molecular formula is C17H18F2N2O. The van der Waals surface area contributed by atoms with Crippen LogP contribution in [0.2, 0.25) is 0 Å². The summed E-state index contributed by atoms with van der Waals surface area (Å²) in [6, 6.07) is 10.5. The number of benzene rings is 2. The van der Waals surface area contributed by atoms with Gasteiger partial charge < -0.3 is 10.6 Å². The molecule has 0 aliphatic heterocycles. The van der Waals surface area contributed by atoms with Crippen LogP contribution in [0, 0.1) is 11.6 Å². The zero-order valence-corrected chi connectivity index (χ0v) is 12.3. The van der Waals surface area contributed by atoms with E-state index < -0.39 is 11.6 Å². The fraction of sp³-hybridized carbons (Fsp3) is 0.235. The molecule has 116 valence electrons. The lowest BCUT2D eigenvalue weighted by Crippen LogP contribution is -2.16. The number of carbonyl (C=O) groups is 1. The van der Waals surface area contributed by atoms with Gasteiger partial charge in [-0.05, 0) is 42.4 Å². The summed E-state index contributed by atoms with van der Waals surface area (Å²) >= 11 is 0. The lowest BCUT2D eigenvalue weighted by Gasteiger charge is -2.08. The van der Waals surface area contributed by atoms with Crippen LogP contribution in [0.25, 0.3) is 0 Å². The van der Waals surface area contributed by atoms with Gasteiger partial charge in [-0.1, -0.05) is 19.1 Å². The third kappa shape index (κ3) is 4.63. The van der Waals surface area contributed by atoms with Crippen LogP contribution in [0.5, 0.6) is 0 Å². The van der Waals surface area contributed by atoms with Gasteiger partial charge in [-0.25, -0.2) is 8.78 Å². The smallest absolute Gasteiger partial charge is 0.228 e. The number of hydrogen-bond acceptors (Lipinski definition) is 2. The van der Waals surface area contributed by atoms with E-state index in [1.54, 1.807) is 6.07 Å². The Morgan fingerprint density at radius 1 is 1.14 bits per heavy atom. The molecule has 22 heavy (non-hydrogen) atoms. The Hall–Kier alpha value is -2.27. The molecule has 0 saturated carbocycles. The molecule has 0 aliphatic carbocycles. The van der Waals surface area contributed by atoms with E-state index in [0.29, 0.717) is 12.2 Å². The first kappa shape index (κ1) is 16.1. The second kappa shape index (κ2) is 7.66. The Morgan fingerprint density at radius 2 is 1.95 bits per heavy atom. The van der Waals surface area contributed by atoms with Crippen LogP contribution in [-0.4, -0.2) is 12.5 Å². The molecule has 2 aromatic carbocycles. The van der Waals surface area contributed by atoms with Crippen molar-refractivity contribution < 1.29 is 13.6 Å². The van der Waals surface area contributed by atoms with Gasteiger partial charge in [0, 0.05) is 17.8 Å². The van der Waals surface area contributed by atoms with Crippen molar-refractivity contribution in [2.75, 3.05) is 11.9 Å². The molecule has 3 nitrogen and oxygen atoms in total. The minimum Gasteiger partial charge on any atom is -0.326 e. The van der Waals surface area contributed by atoms with Crippen molar-refractivity contribution in [3.63, 3.8) is 0 Å². The number of carbonyl (C=O) groups excluding carboxylic acids is 1. The molecule has 0 heterocycles. The summed E-state index contributed by atoms with van der Waals surface area (Å²) in [5.74, 6) is -1.53. The molecule has 0 radical (unpaired) electrons. The summed E-state index contributed by atoms with van der Waals surface area (Å²) in [6.07, 6.45) is -0.207. The monoisotopic (exact) mass is 304 g/mol. The molecule has 0 bridgehead atoms. The summed E-state index contributed by atoms with van der Waals surface area (Å²) < 4.78 is 26.6. The zero-order valence-electron chi connectivity index (χ0n) is 12.3. The first-order chi connectivity index (χ1) is 10.6. The first-order valence-electron chi connectivity index (χ1n) is 7.12. The van der Waals surface area contributed by atoms with Crippen LogP contribution in [0.15, 0.2) is 42.5 Å². The van der Waals surface area contributed by atoms with E-state index >= 15 is 0 Å². The number of anilines is 1. The van der Waals surface area contributed by atoms with Gasteiger partial charge in [0.15, 0.2) is 0 Å². The average molecular weight is 304 g/mol. The summed E-state index contributed by atoms with van der Waals surface area (Å²) in [5.41, 5.74) is 1.72. The quantitative estimate of drug-likeness (QED) is 0.860. The lowest BCUT2D eigenvalue weighted by atomic mass is 10.1. The molecule has 0 unspecified atom stereocenters. The van der Waals surface area contributed by atoms with Crippen LogP contribution in [0.3, 0.4) is 0 Å². The molecular weight excluding hydrogens is 286 g/mol. The maximum atomic E-state index is 13.5. The second-order valence-electron chi connectivity index (χ2n) is 4.94. The van der Waals surface area contributed by atoms with Crippen LogP contribution in [-0.2, 0) is 17.8 Å². The van der Waals surface area contributed by atoms with Gasteiger partial charge >= 0.3 is 0 Å². The number of rotatable bonds is 6. The van der Waals surface area contributed by atoms with Crippen molar-refractivity contribution in [3.05, 3.63) is 65.2 Å². The van der Waals surface area contributed by atoms with Crippen molar-refractivity contribution in [2.45, 2.75) is 19.9 Å². The summed E-state index contributed by atoms with van der Waals surface area (Å²) in [6.45, 7) is 3.58. The Kier molecular flexibility index (Phi) is 5.61. The van der Waals surface area contributed by atoms with Crippen molar-refractivity contribution in [1.29, 1.82) is 0 Å². The molecule has 0 aliphatic rings. The van der Waals surface area contributed by atoms with Gasteiger partial charge in [-0.3, -0.25) is 4.79 Å². The van der Waals surface area contributed by atoms with Gasteiger partial charge in [0.25, 0.3) is 0 Å². The molecule has 0 saturated heterocycles. The fourth-order valence-corrected chi connectivity index (χ4v) is 2.09. The normalized spacial score (nSPS) is 10.5. The highest BCUT2D eigenvalue weighted by Gasteiger charge is 2.10. The number of hydrogen-bond donors (Lipinski definition) is 2. The van der Waals surface area contributed by atoms with Crippen molar-refractivity contribution >= 4 is 11.6 Å². The van der Waals surface area contributed by atoms with Crippen molar-refractivity contribution in [3.8, 4) is 0 Å². The summed E-state index contributed by atoms with van der Waals surface area (Å²) in [4.78, 5) is 12.0. The van der Waals surface area contributed by atoms with E-state index in [4.69, 9.17) is 0 Å². The van der Waals surface area contributed by atoms with Crippen LogP contribution < -0.4 is 10.6 Å². The van der Waals surface area contributed by atoms with Crippen LogP contribution in [0.1, 0.15) is 18.1 Å². The third-order valence-electron chi connectivity index (χ3n) is 3.15. The highest BCUT2D eigenvalue weighted by molar-refractivity contribution is 5.92. The largest absolute Gasteiger partial charge is 0.326 e. The molecule has 2 aromatic rings. The van der Waals surface area contributed by atoms with Gasteiger partial charge in [0.05, 0.1) is 6.42 Å². The first-order valence-corrected chi connectivity index (χ1v) is 7.12. The van der Waals surface area contributed by atoms with E-state index in [1.165, 1.54) is 0 Å². The minimum atomic E-state index is -0.586. The van der Waals surface area contributed by atoms with Gasteiger partial charge in [0.2, 0.25) is 5.91 Å². The standard InChI is InChI=1S/C17H18F2N2O/c1-2-20-11-12-4-3-5-15(8-12)21-17(22)10-13-9-14(18)6-7-16(13)19/h3-9,20H,2,10-11H2,1H3,(H,21,22). The van der Waals surface area contributed by atoms with Crippen molar-refractivity contribution in [1.82, 2.24) is 5.32 Å². The van der Waals surface area contributed by atoms with Crippen LogP contribution >= 0.6 is 0 Å². The molecule has 0 spiro atoms. The number of halogens is 2. The predicted molar refractivity (Wildman–Crippen MR) is 82.5 cm³/mol. The molecule has 5 heteroatoms. The topological polar surface area (TPSA) is 41.1 Å². The molecule has 1 amide bonds. The molecule has 0 fully saturated rings. The van der Waals surface area contributed by atoms with E-state index in [0.717, 1.165) is 30.3 Å². The highest BCUT2D eigenvalue weighted by Crippen LogP contribution is 2.14. The molecule has 2 rings (SSSR count). The predicted octanol–water partition coefficient (Wildman–Crippen LogP) is 3.26. The Labute approximate surface area is 128 Å². The average Bonchev–Trinajstić information content (AvgIpc) is 2.49. The maximum absolute atomic E-state index is 13.5. The highest BCUT2D eigenvalue weighted by atomic mass is 19.1. The van der Waals surface area contributed by atoms with E-state index in [1.807, 2.05) is 25.1 Å². The Morgan fingerprint density at radius 3 is 2.73 bits per heavy atom. The maximum Gasteiger partial charge on any atom is 0.228 e. The lowest BCUT2D eigenvalue weighted by molar-refractivity contribution is -0.115. The fourth-order valence-electron chi connectivity index (χ4n) is 2.09. The Bertz CT molecular complexity index is 659. The molecule has 2 N–H and O–H groups in total.